The molecule has 1 aromatic carbocycles. The van der Waals surface area contributed by atoms with E-state index >= 15 is 0 Å². The summed E-state index contributed by atoms with van der Waals surface area (Å²) in [7, 11) is 0. The highest BCUT2D eigenvalue weighted by Gasteiger charge is 2.01. The minimum Gasteiger partial charge on any atom is -0.389 e. The molecule has 0 bridgehead atoms. The van der Waals surface area contributed by atoms with Crippen LogP contribution >= 0.6 is 0 Å². The van der Waals surface area contributed by atoms with Crippen molar-refractivity contribution in [2.75, 3.05) is 0 Å². The molecule has 0 spiro atoms. The summed E-state index contributed by atoms with van der Waals surface area (Å²) < 4.78 is 0. The molecule has 1 rings (SSSR count). The zero-order valence-corrected chi connectivity index (χ0v) is 8.85. The highest BCUT2D eigenvalue weighted by molar-refractivity contribution is 5.49. The predicted octanol–water partition coefficient (Wildman–Crippen LogP) is 3.11. The third kappa shape index (κ3) is 4.24. The fourth-order valence-corrected chi connectivity index (χ4v) is 1.35. The Morgan fingerprint density at radius 3 is 2.43 bits per heavy atom. The van der Waals surface area contributed by atoms with Crippen molar-refractivity contribution in [3.05, 3.63) is 42.0 Å². The molecule has 1 aromatic rings. The third-order valence-electron chi connectivity index (χ3n) is 2.02. The average molecular weight is 190 g/mol. The van der Waals surface area contributed by atoms with Gasteiger partial charge in [0, 0.05) is 0 Å². The Morgan fingerprint density at radius 1 is 1.21 bits per heavy atom. The lowest BCUT2D eigenvalue weighted by atomic mass is 10.1. The molecule has 0 saturated carbocycles. The van der Waals surface area contributed by atoms with E-state index in [-0.39, 0.29) is 6.10 Å². The standard InChI is InChI=1S/C13H18O/c1-11(2)10-13(14)9-8-12-6-4-3-5-7-12/h3-9,11,13-14H,10H2,1-2H3. The predicted molar refractivity (Wildman–Crippen MR) is 60.9 cm³/mol. The van der Waals surface area contributed by atoms with Gasteiger partial charge >= 0.3 is 0 Å². The van der Waals surface area contributed by atoms with Gasteiger partial charge in [-0.1, -0.05) is 56.3 Å². The first-order chi connectivity index (χ1) is 6.68. The lowest BCUT2D eigenvalue weighted by Gasteiger charge is -2.07. The Bertz CT molecular complexity index is 275. The largest absolute Gasteiger partial charge is 0.389 e. The van der Waals surface area contributed by atoms with Crippen LogP contribution in [-0.2, 0) is 0 Å². The molecule has 14 heavy (non-hydrogen) atoms. The minimum atomic E-state index is -0.324. The normalized spacial score (nSPS) is 13.7. The Labute approximate surface area is 86.1 Å². The van der Waals surface area contributed by atoms with Crippen LogP contribution in [0.25, 0.3) is 6.08 Å². The van der Waals surface area contributed by atoms with Crippen LogP contribution in [-0.4, -0.2) is 11.2 Å². The van der Waals surface area contributed by atoms with Crippen LogP contribution in [0.5, 0.6) is 0 Å². The fraction of sp³-hybridized carbons (Fsp3) is 0.385. The molecular weight excluding hydrogens is 172 g/mol. The highest BCUT2D eigenvalue weighted by atomic mass is 16.3. The Balaban J connectivity index is 2.48. The first-order valence-corrected chi connectivity index (χ1v) is 5.10. The molecule has 76 valence electrons. The van der Waals surface area contributed by atoms with E-state index in [0.717, 1.165) is 12.0 Å². The number of aliphatic hydroxyl groups excluding tert-OH is 1. The summed E-state index contributed by atoms with van der Waals surface area (Å²) in [6.07, 6.45) is 4.32. The van der Waals surface area contributed by atoms with E-state index in [2.05, 4.69) is 13.8 Å². The second-order valence-corrected chi connectivity index (χ2v) is 3.97. The highest BCUT2D eigenvalue weighted by Crippen LogP contribution is 2.08. The summed E-state index contributed by atoms with van der Waals surface area (Å²) in [6.45, 7) is 4.22. The van der Waals surface area contributed by atoms with Crippen LogP contribution in [0, 0.1) is 5.92 Å². The summed E-state index contributed by atoms with van der Waals surface area (Å²) in [5.74, 6) is 0.533. The molecule has 0 fully saturated rings. The molecule has 0 aliphatic rings. The number of rotatable bonds is 4. The molecule has 0 radical (unpaired) electrons. The van der Waals surface area contributed by atoms with Crippen molar-refractivity contribution < 1.29 is 5.11 Å². The van der Waals surface area contributed by atoms with Gasteiger partial charge in [0.1, 0.15) is 0 Å². The zero-order chi connectivity index (χ0) is 10.4. The monoisotopic (exact) mass is 190 g/mol. The van der Waals surface area contributed by atoms with Gasteiger partial charge in [0.2, 0.25) is 0 Å². The van der Waals surface area contributed by atoms with Gasteiger partial charge in [0.05, 0.1) is 6.10 Å². The molecule has 0 saturated heterocycles. The Hall–Kier alpha value is -1.08. The molecule has 0 heterocycles. The summed E-state index contributed by atoms with van der Waals surface area (Å²) >= 11 is 0. The number of hydrogen-bond acceptors (Lipinski definition) is 1. The molecule has 1 nitrogen and oxygen atoms in total. The maximum Gasteiger partial charge on any atom is 0.0726 e. The second kappa shape index (κ2) is 5.61. The van der Waals surface area contributed by atoms with Gasteiger partial charge in [-0.25, -0.2) is 0 Å². The zero-order valence-electron chi connectivity index (χ0n) is 8.85. The molecule has 1 atom stereocenters. The van der Waals surface area contributed by atoms with Crippen molar-refractivity contribution in [1.29, 1.82) is 0 Å². The molecule has 1 unspecified atom stereocenters. The molecule has 0 aliphatic heterocycles. The van der Waals surface area contributed by atoms with Crippen molar-refractivity contribution in [2.24, 2.45) is 5.92 Å². The summed E-state index contributed by atoms with van der Waals surface area (Å²) in [5.41, 5.74) is 1.13. The van der Waals surface area contributed by atoms with Gasteiger partial charge in [-0.05, 0) is 17.9 Å². The molecule has 0 amide bonds. The Morgan fingerprint density at radius 2 is 1.86 bits per heavy atom. The van der Waals surface area contributed by atoms with Crippen molar-refractivity contribution in [2.45, 2.75) is 26.4 Å². The lowest BCUT2D eigenvalue weighted by Crippen LogP contribution is -2.05. The maximum atomic E-state index is 9.59. The number of hydrogen-bond donors (Lipinski definition) is 1. The van der Waals surface area contributed by atoms with Crippen LogP contribution in [0.4, 0.5) is 0 Å². The van der Waals surface area contributed by atoms with Crippen LogP contribution in [0.2, 0.25) is 0 Å². The Kier molecular flexibility index (Phi) is 4.41. The van der Waals surface area contributed by atoms with E-state index in [1.165, 1.54) is 0 Å². The van der Waals surface area contributed by atoms with Gasteiger partial charge < -0.3 is 5.11 Å². The first-order valence-electron chi connectivity index (χ1n) is 5.10. The van der Waals surface area contributed by atoms with Crippen molar-refractivity contribution >= 4 is 6.08 Å². The molecule has 1 N–H and O–H groups in total. The van der Waals surface area contributed by atoms with Crippen LogP contribution in [0.3, 0.4) is 0 Å². The number of benzene rings is 1. The van der Waals surface area contributed by atoms with Gasteiger partial charge in [0.25, 0.3) is 0 Å². The maximum absolute atomic E-state index is 9.59. The van der Waals surface area contributed by atoms with E-state index in [1.54, 1.807) is 0 Å². The second-order valence-electron chi connectivity index (χ2n) is 3.97. The minimum absolute atomic E-state index is 0.324. The molecular formula is C13H18O. The lowest BCUT2D eigenvalue weighted by molar-refractivity contribution is 0.195. The van der Waals surface area contributed by atoms with Crippen LogP contribution in [0.15, 0.2) is 36.4 Å². The van der Waals surface area contributed by atoms with E-state index in [0.29, 0.717) is 5.92 Å². The quantitative estimate of drug-likeness (QED) is 0.773. The summed E-state index contributed by atoms with van der Waals surface area (Å²) in [6, 6.07) is 10.0. The van der Waals surface area contributed by atoms with Crippen molar-refractivity contribution in [3.8, 4) is 0 Å². The van der Waals surface area contributed by atoms with E-state index in [4.69, 9.17) is 0 Å². The van der Waals surface area contributed by atoms with E-state index < -0.39 is 0 Å². The van der Waals surface area contributed by atoms with Gasteiger partial charge in [0.15, 0.2) is 0 Å². The van der Waals surface area contributed by atoms with Crippen molar-refractivity contribution in [1.82, 2.24) is 0 Å². The topological polar surface area (TPSA) is 20.2 Å². The van der Waals surface area contributed by atoms with Gasteiger partial charge in [-0.15, -0.1) is 0 Å². The molecule has 0 aromatic heterocycles. The van der Waals surface area contributed by atoms with Crippen LogP contribution in [0.1, 0.15) is 25.8 Å². The van der Waals surface area contributed by atoms with E-state index in [1.807, 2.05) is 42.5 Å². The third-order valence-corrected chi connectivity index (χ3v) is 2.02. The SMILES string of the molecule is CC(C)CC(O)C=Cc1ccccc1. The van der Waals surface area contributed by atoms with E-state index in [9.17, 15) is 5.11 Å². The van der Waals surface area contributed by atoms with Gasteiger partial charge in [-0.2, -0.15) is 0 Å². The molecule has 0 aliphatic carbocycles. The van der Waals surface area contributed by atoms with Crippen LogP contribution < -0.4 is 0 Å². The average Bonchev–Trinajstić information content (AvgIpc) is 2.15. The smallest absolute Gasteiger partial charge is 0.0726 e. The van der Waals surface area contributed by atoms with Gasteiger partial charge in [-0.3, -0.25) is 0 Å². The summed E-state index contributed by atoms with van der Waals surface area (Å²) in [5, 5.41) is 9.59. The number of aliphatic hydroxyl groups is 1. The van der Waals surface area contributed by atoms with Crippen molar-refractivity contribution in [3.63, 3.8) is 0 Å². The molecule has 1 heteroatoms. The fourth-order valence-electron chi connectivity index (χ4n) is 1.35. The first kappa shape index (κ1) is 11.0. The summed E-state index contributed by atoms with van der Waals surface area (Å²) in [4.78, 5) is 0.